The predicted octanol–water partition coefficient (Wildman–Crippen LogP) is 3.32. The highest BCUT2D eigenvalue weighted by atomic mass is 32.1. The third kappa shape index (κ3) is 4.22. The fourth-order valence-corrected chi connectivity index (χ4v) is 3.37. The summed E-state index contributed by atoms with van der Waals surface area (Å²) in [5.41, 5.74) is 1.99. The summed E-state index contributed by atoms with van der Waals surface area (Å²) < 4.78 is 1.74. The molecule has 27 heavy (non-hydrogen) atoms. The van der Waals surface area contributed by atoms with Crippen molar-refractivity contribution in [3.05, 3.63) is 53.8 Å². The molecule has 0 saturated heterocycles. The molecule has 1 aromatic carbocycles. The molecule has 3 aromatic rings. The topological polar surface area (TPSA) is 88.3 Å². The number of hydrogen-bond donors (Lipinski definition) is 1. The Bertz CT molecular complexity index is 935. The number of carbonyl (C=O) groups is 2. The maximum atomic E-state index is 12.7. The Morgan fingerprint density at radius 2 is 2.04 bits per heavy atom. The van der Waals surface area contributed by atoms with Crippen LogP contribution in [-0.2, 0) is 4.79 Å². The van der Waals surface area contributed by atoms with E-state index < -0.39 is 5.97 Å². The van der Waals surface area contributed by atoms with Crippen molar-refractivity contribution < 1.29 is 14.7 Å². The van der Waals surface area contributed by atoms with Crippen LogP contribution in [0, 0.1) is 0 Å². The van der Waals surface area contributed by atoms with Gasteiger partial charge in [-0.05, 0) is 25.5 Å². The van der Waals surface area contributed by atoms with Crippen LogP contribution < -0.4 is 0 Å². The van der Waals surface area contributed by atoms with E-state index >= 15 is 0 Å². The second kappa shape index (κ2) is 8.13. The summed E-state index contributed by atoms with van der Waals surface area (Å²) in [4.78, 5) is 29.6. The van der Waals surface area contributed by atoms with E-state index in [4.69, 9.17) is 5.11 Å². The second-order valence-electron chi connectivity index (χ2n) is 6.13. The molecule has 7 nitrogen and oxygen atoms in total. The van der Waals surface area contributed by atoms with Crippen LogP contribution in [0.2, 0.25) is 0 Å². The molecule has 140 valence electrons. The van der Waals surface area contributed by atoms with Crippen LogP contribution in [0.4, 0.5) is 0 Å². The van der Waals surface area contributed by atoms with Crippen molar-refractivity contribution >= 4 is 23.2 Å². The standard InChI is InChI=1S/C19H20N4O3S/c1-3-13(2)22(11-17(24)25)19(26)16-12-27-18(21-16)14-9-20-23(10-14)15-7-5-4-6-8-15/h4-10,12-13H,3,11H2,1-2H3,(H,24,25). The van der Waals surface area contributed by atoms with Crippen LogP contribution in [0.3, 0.4) is 0 Å². The van der Waals surface area contributed by atoms with Gasteiger partial charge in [0.2, 0.25) is 0 Å². The van der Waals surface area contributed by atoms with Gasteiger partial charge in [0.25, 0.3) is 5.91 Å². The molecule has 1 amide bonds. The van der Waals surface area contributed by atoms with Crippen LogP contribution in [0.25, 0.3) is 16.3 Å². The fourth-order valence-electron chi connectivity index (χ4n) is 2.60. The first-order valence-corrected chi connectivity index (χ1v) is 9.46. The van der Waals surface area contributed by atoms with Crippen LogP contribution in [0.1, 0.15) is 30.8 Å². The van der Waals surface area contributed by atoms with E-state index in [1.165, 1.54) is 16.2 Å². The van der Waals surface area contributed by atoms with Crippen molar-refractivity contribution in [1.29, 1.82) is 0 Å². The molecule has 8 heteroatoms. The molecule has 1 atom stereocenters. The van der Waals surface area contributed by atoms with Crippen molar-refractivity contribution in [3.8, 4) is 16.3 Å². The molecule has 0 aliphatic rings. The minimum absolute atomic E-state index is 0.181. The van der Waals surface area contributed by atoms with Crippen molar-refractivity contribution in [1.82, 2.24) is 19.7 Å². The molecule has 2 heterocycles. The number of thiazole rings is 1. The summed E-state index contributed by atoms with van der Waals surface area (Å²) in [6.07, 6.45) is 4.22. The first-order valence-electron chi connectivity index (χ1n) is 8.58. The monoisotopic (exact) mass is 384 g/mol. The summed E-state index contributed by atoms with van der Waals surface area (Å²) in [6.45, 7) is 3.40. The lowest BCUT2D eigenvalue weighted by atomic mass is 10.2. The lowest BCUT2D eigenvalue weighted by Crippen LogP contribution is -2.42. The largest absolute Gasteiger partial charge is 0.480 e. The number of aliphatic carboxylic acids is 1. The van der Waals surface area contributed by atoms with E-state index in [9.17, 15) is 9.59 Å². The first-order chi connectivity index (χ1) is 13.0. The molecule has 0 spiro atoms. The number of amides is 1. The Morgan fingerprint density at radius 3 is 2.70 bits per heavy atom. The van der Waals surface area contributed by atoms with Gasteiger partial charge in [-0.25, -0.2) is 9.67 Å². The maximum absolute atomic E-state index is 12.7. The Labute approximate surface area is 160 Å². The Hall–Kier alpha value is -3.00. The Kier molecular flexibility index (Phi) is 5.66. The molecule has 0 bridgehead atoms. The number of nitrogens with zero attached hydrogens (tertiary/aromatic N) is 4. The number of aromatic nitrogens is 3. The van der Waals surface area contributed by atoms with Gasteiger partial charge < -0.3 is 10.0 Å². The zero-order valence-corrected chi connectivity index (χ0v) is 15.9. The number of para-hydroxylation sites is 1. The molecular weight excluding hydrogens is 364 g/mol. The highest BCUT2D eigenvalue weighted by Gasteiger charge is 2.25. The van der Waals surface area contributed by atoms with Crippen LogP contribution in [0.5, 0.6) is 0 Å². The normalized spacial score (nSPS) is 11.9. The van der Waals surface area contributed by atoms with Gasteiger partial charge in [-0.3, -0.25) is 9.59 Å². The maximum Gasteiger partial charge on any atom is 0.323 e. The molecule has 0 fully saturated rings. The minimum Gasteiger partial charge on any atom is -0.480 e. The van der Waals surface area contributed by atoms with Gasteiger partial charge in [0.15, 0.2) is 0 Å². The van der Waals surface area contributed by atoms with E-state index in [0.717, 1.165) is 11.3 Å². The SMILES string of the molecule is CCC(C)N(CC(=O)O)C(=O)c1csc(-c2cnn(-c3ccccc3)c2)n1. The van der Waals surface area contributed by atoms with Gasteiger partial charge in [-0.1, -0.05) is 25.1 Å². The van der Waals surface area contributed by atoms with Crippen molar-refractivity contribution in [2.75, 3.05) is 6.54 Å². The van der Waals surface area contributed by atoms with Gasteiger partial charge in [-0.15, -0.1) is 11.3 Å². The zero-order chi connectivity index (χ0) is 19.4. The van der Waals surface area contributed by atoms with Crippen molar-refractivity contribution in [3.63, 3.8) is 0 Å². The smallest absolute Gasteiger partial charge is 0.323 e. The van der Waals surface area contributed by atoms with Crippen molar-refractivity contribution in [2.45, 2.75) is 26.3 Å². The Balaban J connectivity index is 1.83. The van der Waals surface area contributed by atoms with E-state index in [1.807, 2.05) is 50.4 Å². The molecule has 2 aromatic heterocycles. The molecule has 1 N–H and O–H groups in total. The van der Waals surface area contributed by atoms with E-state index in [-0.39, 0.29) is 24.2 Å². The summed E-state index contributed by atoms with van der Waals surface area (Å²) in [5, 5.41) is 15.8. The number of carboxylic acids is 1. The quantitative estimate of drug-likeness (QED) is 0.675. The lowest BCUT2D eigenvalue weighted by Gasteiger charge is -2.26. The molecule has 3 rings (SSSR count). The van der Waals surface area contributed by atoms with Crippen LogP contribution in [0.15, 0.2) is 48.1 Å². The number of rotatable bonds is 7. The average molecular weight is 384 g/mol. The molecule has 1 unspecified atom stereocenters. The number of carbonyl (C=O) groups excluding carboxylic acids is 1. The summed E-state index contributed by atoms with van der Waals surface area (Å²) in [6, 6.07) is 9.52. The predicted molar refractivity (Wildman–Crippen MR) is 103 cm³/mol. The minimum atomic E-state index is -1.04. The summed E-state index contributed by atoms with van der Waals surface area (Å²) >= 11 is 1.34. The van der Waals surface area contributed by atoms with Gasteiger partial charge in [0, 0.05) is 23.2 Å². The molecule has 0 aliphatic carbocycles. The highest BCUT2D eigenvalue weighted by molar-refractivity contribution is 7.13. The average Bonchev–Trinajstić information content (AvgIpc) is 3.35. The van der Waals surface area contributed by atoms with E-state index in [0.29, 0.717) is 11.4 Å². The molecule has 0 saturated carbocycles. The van der Waals surface area contributed by atoms with Gasteiger partial charge in [0.1, 0.15) is 17.2 Å². The number of carboxylic acid groups (broad SMARTS) is 1. The first kappa shape index (κ1) is 18.8. The van der Waals surface area contributed by atoms with E-state index in [2.05, 4.69) is 10.1 Å². The fraction of sp³-hybridized carbons (Fsp3) is 0.263. The van der Waals surface area contributed by atoms with Gasteiger partial charge >= 0.3 is 5.97 Å². The second-order valence-corrected chi connectivity index (χ2v) is 6.99. The molecule has 0 aliphatic heterocycles. The highest BCUT2D eigenvalue weighted by Crippen LogP contribution is 2.25. The molecule has 0 radical (unpaired) electrons. The molecular formula is C19H20N4O3S. The third-order valence-electron chi connectivity index (χ3n) is 4.26. The van der Waals surface area contributed by atoms with Crippen molar-refractivity contribution in [2.24, 2.45) is 0 Å². The van der Waals surface area contributed by atoms with Crippen LogP contribution in [-0.4, -0.2) is 49.2 Å². The van der Waals surface area contributed by atoms with Crippen LogP contribution >= 0.6 is 11.3 Å². The number of benzene rings is 1. The lowest BCUT2D eigenvalue weighted by molar-refractivity contribution is -0.138. The summed E-state index contributed by atoms with van der Waals surface area (Å²) in [7, 11) is 0. The third-order valence-corrected chi connectivity index (χ3v) is 5.15. The van der Waals surface area contributed by atoms with Gasteiger partial charge in [0.05, 0.1) is 11.9 Å². The van der Waals surface area contributed by atoms with Gasteiger partial charge in [-0.2, -0.15) is 5.10 Å². The Morgan fingerprint density at radius 1 is 1.30 bits per heavy atom. The summed E-state index contributed by atoms with van der Waals surface area (Å²) in [5.74, 6) is -1.41. The van der Waals surface area contributed by atoms with E-state index in [1.54, 1.807) is 16.3 Å². The number of hydrogen-bond acceptors (Lipinski definition) is 5. The zero-order valence-electron chi connectivity index (χ0n) is 15.1.